The third-order valence-corrected chi connectivity index (χ3v) is 13.4. The Morgan fingerprint density at radius 3 is 1.90 bits per heavy atom. The van der Waals surface area contributed by atoms with Crippen LogP contribution in [0.25, 0.3) is 17.3 Å². The summed E-state index contributed by atoms with van der Waals surface area (Å²) in [7, 11) is 0. The van der Waals surface area contributed by atoms with E-state index in [0.717, 1.165) is 101 Å². The molecule has 8 heteroatoms. The number of benzene rings is 1. The number of rotatable bonds is 17. The van der Waals surface area contributed by atoms with Crippen LogP contribution in [-0.2, 0) is 24.5 Å². The maximum absolute atomic E-state index is 14.5. The van der Waals surface area contributed by atoms with Crippen molar-refractivity contribution < 1.29 is 23.5 Å². The molecule has 1 saturated carbocycles. The Labute approximate surface area is 421 Å². The summed E-state index contributed by atoms with van der Waals surface area (Å²) < 4.78 is 26.9. The predicted octanol–water partition coefficient (Wildman–Crippen LogP) is 14.9. The van der Waals surface area contributed by atoms with E-state index < -0.39 is 11.2 Å². The fourth-order valence-corrected chi connectivity index (χ4v) is 9.34. The number of nitrogens with one attached hydrogen (secondary N) is 1. The topological polar surface area (TPSA) is 82.5 Å². The number of carbonyl (C=O) groups is 2. The maximum Gasteiger partial charge on any atom is 0.146 e. The Hall–Kier alpha value is -3.88. The normalized spacial score (nSPS) is 20.7. The van der Waals surface area contributed by atoms with E-state index in [4.69, 9.17) is 14.5 Å². The van der Waals surface area contributed by atoms with E-state index in [1.165, 1.54) is 51.0 Å². The summed E-state index contributed by atoms with van der Waals surface area (Å²) in [4.78, 5) is 29.0. The molecule has 5 rings (SSSR count). The van der Waals surface area contributed by atoms with E-state index in [-0.39, 0.29) is 23.2 Å². The van der Waals surface area contributed by atoms with Gasteiger partial charge in [-0.15, -0.1) is 0 Å². The van der Waals surface area contributed by atoms with Crippen LogP contribution in [0.1, 0.15) is 204 Å². The number of ketones is 2. The van der Waals surface area contributed by atoms with E-state index in [1.807, 2.05) is 47.0 Å². The largest absolute Gasteiger partial charge is 0.381 e. The molecule has 2 aromatic rings. The van der Waals surface area contributed by atoms with E-state index in [0.29, 0.717) is 24.7 Å². The molecule has 3 aliphatic rings. The molecule has 1 N–H and O–H groups in total. The van der Waals surface area contributed by atoms with Crippen LogP contribution in [0.4, 0.5) is 4.39 Å². The first-order valence-corrected chi connectivity index (χ1v) is 26.7. The molecule has 2 aliphatic heterocycles. The van der Waals surface area contributed by atoms with E-state index in [2.05, 4.69) is 117 Å². The number of hydrogen-bond acceptors (Lipinski definition) is 6. The average Bonchev–Trinajstić information content (AvgIpc) is 3.61. The molecule has 3 fully saturated rings. The number of allylic oxidation sites excluding steroid dienone is 5. The minimum absolute atomic E-state index is 0.0267. The number of imidazole rings is 1. The van der Waals surface area contributed by atoms with Gasteiger partial charge in [0, 0.05) is 30.9 Å². The predicted molar refractivity (Wildman–Crippen MR) is 294 cm³/mol. The number of Topliss-reactive ketones (excluding diaryl/α,β-unsaturated/α-hetero) is 2. The maximum atomic E-state index is 14.5. The Kier molecular flexibility index (Phi) is 29.4. The van der Waals surface area contributed by atoms with Gasteiger partial charge in [0.05, 0.1) is 46.8 Å². The lowest BCUT2D eigenvalue weighted by Gasteiger charge is -2.36. The minimum Gasteiger partial charge on any atom is -0.381 e. The molecule has 390 valence electrons. The zero-order valence-electron chi connectivity index (χ0n) is 47.0. The summed E-state index contributed by atoms with van der Waals surface area (Å²) in [5.41, 5.74) is 4.53. The fourth-order valence-electron chi connectivity index (χ4n) is 9.34. The van der Waals surface area contributed by atoms with Crippen LogP contribution in [-0.4, -0.2) is 47.5 Å². The first-order valence-electron chi connectivity index (χ1n) is 26.7. The molecule has 7 nitrogen and oxygen atoms in total. The van der Waals surface area contributed by atoms with Crippen LogP contribution in [0.5, 0.6) is 0 Å². The van der Waals surface area contributed by atoms with Crippen molar-refractivity contribution in [3.05, 3.63) is 94.8 Å². The molecule has 0 amide bonds. The molecule has 1 aliphatic carbocycles. The lowest BCUT2D eigenvalue weighted by Crippen LogP contribution is -2.45. The summed E-state index contributed by atoms with van der Waals surface area (Å²) in [6.45, 7) is 46.4. The van der Waals surface area contributed by atoms with Crippen molar-refractivity contribution in [2.24, 2.45) is 35.0 Å². The average molecular weight is 958 g/mol. The van der Waals surface area contributed by atoms with Crippen molar-refractivity contribution in [3.63, 3.8) is 0 Å². The third-order valence-electron chi connectivity index (χ3n) is 13.4. The highest BCUT2D eigenvalue weighted by atomic mass is 19.1. The van der Waals surface area contributed by atoms with Crippen molar-refractivity contribution >= 4 is 28.9 Å². The zero-order valence-corrected chi connectivity index (χ0v) is 47.0. The second-order valence-corrected chi connectivity index (χ2v) is 21.4. The van der Waals surface area contributed by atoms with Gasteiger partial charge in [-0.05, 0) is 151 Å². The molecule has 1 aromatic carbocycles. The van der Waals surface area contributed by atoms with Gasteiger partial charge >= 0.3 is 0 Å². The molecule has 0 spiro atoms. The highest BCUT2D eigenvalue weighted by Gasteiger charge is 2.40. The van der Waals surface area contributed by atoms with Gasteiger partial charge in [0.2, 0.25) is 0 Å². The second kappa shape index (κ2) is 32.2. The molecule has 1 aromatic heterocycles. The van der Waals surface area contributed by atoms with E-state index in [9.17, 15) is 14.0 Å². The smallest absolute Gasteiger partial charge is 0.146 e. The fraction of sp³-hybridized carbons (Fsp3) is 0.656. The zero-order chi connectivity index (χ0) is 52.5. The quantitative estimate of drug-likeness (QED) is 0.159. The number of aromatic nitrogens is 2. The third kappa shape index (κ3) is 20.0. The van der Waals surface area contributed by atoms with Gasteiger partial charge in [-0.2, -0.15) is 0 Å². The SMILES string of the molecule is C=C/C(F)=C(\C=C/C)N/C(C)=c1/c(=C\C(=C)c2ccc(C(CCC)(CCC)C(=O)C(C)C)c(C)c2)ncn1C(C)C.CC(=O)C1(C)COC1.CC1CCC(C)COC1.CCC.CCCC1CC(C)C1. The Bertz CT molecular complexity index is 2040. The number of aryl methyl sites for hydroxylation is 1. The van der Waals surface area contributed by atoms with Gasteiger partial charge < -0.3 is 19.4 Å². The van der Waals surface area contributed by atoms with Crippen molar-refractivity contribution in [1.29, 1.82) is 0 Å². The Balaban J connectivity index is 0.000000670. The van der Waals surface area contributed by atoms with E-state index in [1.54, 1.807) is 19.1 Å². The van der Waals surface area contributed by atoms with Crippen molar-refractivity contribution in [2.45, 2.75) is 200 Å². The molecule has 0 bridgehead atoms. The highest BCUT2D eigenvalue weighted by molar-refractivity contribution is 5.93. The lowest BCUT2D eigenvalue weighted by atomic mass is 9.66. The molecule has 69 heavy (non-hydrogen) atoms. The van der Waals surface area contributed by atoms with Crippen molar-refractivity contribution in [3.8, 4) is 0 Å². The first-order chi connectivity index (χ1) is 32.6. The van der Waals surface area contributed by atoms with Gasteiger partial charge in [-0.1, -0.05) is 139 Å². The van der Waals surface area contributed by atoms with Crippen LogP contribution >= 0.6 is 0 Å². The molecule has 0 radical (unpaired) electrons. The van der Waals surface area contributed by atoms with Crippen molar-refractivity contribution in [2.75, 3.05) is 26.4 Å². The van der Waals surface area contributed by atoms with Crippen LogP contribution < -0.4 is 16.0 Å². The molecule has 3 heterocycles. The first kappa shape index (κ1) is 63.1. The molecular weight excluding hydrogens is 858 g/mol. The molecule has 2 atom stereocenters. The van der Waals surface area contributed by atoms with Crippen LogP contribution in [0.15, 0.2) is 67.4 Å². The Morgan fingerprint density at radius 2 is 1.51 bits per heavy atom. The van der Waals surface area contributed by atoms with Gasteiger partial charge in [-0.25, -0.2) is 9.37 Å². The number of carbonyl (C=O) groups excluding carboxylic acids is 2. The van der Waals surface area contributed by atoms with Gasteiger partial charge in [-0.3, -0.25) is 9.59 Å². The highest BCUT2D eigenvalue weighted by Crippen LogP contribution is 2.40. The van der Waals surface area contributed by atoms with Gasteiger partial charge in [0.1, 0.15) is 17.4 Å². The van der Waals surface area contributed by atoms with Crippen LogP contribution in [0, 0.1) is 41.9 Å². The summed E-state index contributed by atoms with van der Waals surface area (Å²) >= 11 is 0. The lowest BCUT2D eigenvalue weighted by molar-refractivity contribution is -0.152. The number of hydrogen-bond donors (Lipinski definition) is 1. The van der Waals surface area contributed by atoms with Crippen LogP contribution in [0.3, 0.4) is 0 Å². The van der Waals surface area contributed by atoms with Gasteiger partial charge in [0.25, 0.3) is 0 Å². The second-order valence-electron chi connectivity index (χ2n) is 21.4. The van der Waals surface area contributed by atoms with Crippen molar-refractivity contribution in [1.82, 2.24) is 14.9 Å². The molecule has 2 unspecified atom stereocenters. The standard InChI is InChI=1S/C36H50FN3O.C8H16O.C8H16.C6H10O2.C3H8/c1-12-16-32(31(37)15-4)39-28(11)34-33(38-23-40(34)25(7)8)22-26(9)29-17-18-30(27(10)21-29)36(19-13-2,20-14-3)35(41)24(5)6;1-7-3-4-8(2)6-9-5-7;1-3-4-8-5-7(2)6-8;1-5(7)6(2)3-8-4-6;1-3-2/h12,15-18,21-25,39H,4,9,13-14,19-20H2,1-3,5-8,10-11H3;7-8H,3-6H2,1-2H3;7-8H,3-6H2,1-2H3;3-4H2,1-2H3;3H2,1-2H3/b16-12-,32-31-,33-22+,34-28-;;;;. The summed E-state index contributed by atoms with van der Waals surface area (Å²) in [6, 6.07) is 6.50. The minimum atomic E-state index is -0.467. The number of nitrogens with zero attached hydrogens (tertiary/aromatic N) is 2. The molecular formula is C61H100FN3O4. The monoisotopic (exact) mass is 958 g/mol. The number of halogens is 1. The summed E-state index contributed by atoms with van der Waals surface area (Å²) in [6.07, 6.45) is 21.9. The molecule has 2 saturated heterocycles. The van der Waals surface area contributed by atoms with Crippen LogP contribution in [0.2, 0.25) is 0 Å². The Morgan fingerprint density at radius 1 is 0.942 bits per heavy atom. The number of ether oxygens (including phenoxy) is 2. The van der Waals surface area contributed by atoms with E-state index >= 15 is 0 Å². The van der Waals surface area contributed by atoms with Gasteiger partial charge in [0.15, 0.2) is 0 Å². The summed E-state index contributed by atoms with van der Waals surface area (Å²) in [5.74, 6) is 3.84. The summed E-state index contributed by atoms with van der Waals surface area (Å²) in [5, 5.41) is 4.82.